The predicted octanol–water partition coefficient (Wildman–Crippen LogP) is 3.57. The molecule has 25 heavy (non-hydrogen) atoms. The Hall–Kier alpha value is -3.28. The van der Waals surface area contributed by atoms with Gasteiger partial charge in [0.1, 0.15) is 11.4 Å². The average Bonchev–Trinajstić information content (AvgIpc) is 3.15. The molecule has 126 valence electrons. The van der Waals surface area contributed by atoms with Crippen LogP contribution in [0, 0.1) is 0 Å². The van der Waals surface area contributed by atoms with Gasteiger partial charge in [-0.3, -0.25) is 0 Å². The Balaban J connectivity index is 1.84. The zero-order valence-corrected chi connectivity index (χ0v) is 13.9. The minimum atomic E-state index is -0.991. The molecule has 1 aromatic carbocycles. The smallest absolute Gasteiger partial charge is 0.344 e. The lowest BCUT2D eigenvalue weighted by Gasteiger charge is -2.10. The van der Waals surface area contributed by atoms with E-state index in [1.807, 2.05) is 42.1 Å². The van der Waals surface area contributed by atoms with Gasteiger partial charge in [0, 0.05) is 47.0 Å². The molecule has 0 saturated carbocycles. The van der Waals surface area contributed by atoms with E-state index < -0.39 is 12.1 Å². The highest BCUT2D eigenvalue weighted by Crippen LogP contribution is 2.33. The Morgan fingerprint density at radius 1 is 1.32 bits per heavy atom. The molecule has 3 aromatic heterocycles. The highest BCUT2D eigenvalue weighted by Gasteiger charge is 2.15. The fraction of sp³-hybridized carbons (Fsp3) is 0.158. The van der Waals surface area contributed by atoms with Crippen LogP contribution in [0.15, 0.2) is 48.8 Å². The predicted molar refractivity (Wildman–Crippen MR) is 95.7 cm³/mol. The van der Waals surface area contributed by atoms with E-state index in [9.17, 15) is 4.79 Å². The van der Waals surface area contributed by atoms with Crippen LogP contribution in [0.25, 0.3) is 33.2 Å². The minimum absolute atomic E-state index is 0.532. The number of carboxylic acid groups (broad SMARTS) is 1. The summed E-state index contributed by atoms with van der Waals surface area (Å²) in [6, 6.07) is 11.6. The van der Waals surface area contributed by atoms with E-state index in [2.05, 4.69) is 16.0 Å². The van der Waals surface area contributed by atoms with Crippen molar-refractivity contribution in [2.45, 2.75) is 13.0 Å². The number of aryl methyl sites for hydroxylation is 1. The van der Waals surface area contributed by atoms with Gasteiger partial charge in [0.2, 0.25) is 0 Å². The molecular weight excluding hydrogens is 318 g/mol. The molecule has 3 heterocycles. The number of carbonyl (C=O) groups is 1. The van der Waals surface area contributed by atoms with Crippen LogP contribution in [0.1, 0.15) is 6.92 Å². The summed E-state index contributed by atoms with van der Waals surface area (Å²) in [5.74, 6) is -0.459. The fourth-order valence-electron chi connectivity index (χ4n) is 3.02. The Kier molecular flexibility index (Phi) is 3.46. The Morgan fingerprint density at radius 3 is 2.92 bits per heavy atom. The van der Waals surface area contributed by atoms with Gasteiger partial charge in [0.15, 0.2) is 6.10 Å². The largest absolute Gasteiger partial charge is 0.479 e. The number of aromatic amines is 1. The number of ether oxygens (including phenoxy) is 1. The number of aromatic nitrogens is 3. The van der Waals surface area contributed by atoms with Crippen molar-refractivity contribution in [1.29, 1.82) is 0 Å². The first-order chi connectivity index (χ1) is 12.0. The van der Waals surface area contributed by atoms with Gasteiger partial charge in [-0.05, 0) is 43.3 Å². The molecule has 6 nitrogen and oxygen atoms in total. The normalized spacial score (nSPS) is 12.6. The number of carboxylic acids is 1. The summed E-state index contributed by atoms with van der Waals surface area (Å²) >= 11 is 0. The maximum Gasteiger partial charge on any atom is 0.344 e. The summed E-state index contributed by atoms with van der Waals surface area (Å²) in [7, 11) is 1.98. The Labute approximate surface area is 143 Å². The Bertz CT molecular complexity index is 1060. The lowest BCUT2D eigenvalue weighted by Crippen LogP contribution is -2.22. The molecule has 6 heteroatoms. The van der Waals surface area contributed by atoms with Gasteiger partial charge < -0.3 is 19.4 Å². The molecule has 0 bridgehead atoms. The maximum absolute atomic E-state index is 11.0. The minimum Gasteiger partial charge on any atom is -0.479 e. The lowest BCUT2D eigenvalue weighted by molar-refractivity contribution is -0.144. The van der Waals surface area contributed by atoms with Crippen molar-refractivity contribution in [2.24, 2.45) is 7.05 Å². The van der Waals surface area contributed by atoms with Crippen molar-refractivity contribution >= 4 is 27.9 Å². The first kappa shape index (κ1) is 15.3. The molecule has 0 spiro atoms. The van der Waals surface area contributed by atoms with Gasteiger partial charge in [-0.25, -0.2) is 9.78 Å². The zero-order chi connectivity index (χ0) is 17.6. The number of benzene rings is 1. The van der Waals surface area contributed by atoms with Crippen molar-refractivity contribution < 1.29 is 14.6 Å². The first-order valence-corrected chi connectivity index (χ1v) is 7.95. The second-order valence-electron chi connectivity index (χ2n) is 6.06. The van der Waals surface area contributed by atoms with Gasteiger partial charge in [-0.1, -0.05) is 0 Å². The van der Waals surface area contributed by atoms with Crippen LogP contribution in [0.2, 0.25) is 0 Å². The maximum atomic E-state index is 11.0. The average molecular weight is 335 g/mol. The topological polar surface area (TPSA) is 80.1 Å². The van der Waals surface area contributed by atoms with E-state index in [1.165, 1.54) is 6.92 Å². The monoisotopic (exact) mass is 335 g/mol. The second-order valence-corrected chi connectivity index (χ2v) is 6.06. The van der Waals surface area contributed by atoms with E-state index in [4.69, 9.17) is 9.84 Å². The summed E-state index contributed by atoms with van der Waals surface area (Å²) in [6.45, 7) is 1.52. The van der Waals surface area contributed by atoms with E-state index in [0.29, 0.717) is 5.75 Å². The van der Waals surface area contributed by atoms with E-state index in [-0.39, 0.29) is 0 Å². The third-order valence-corrected chi connectivity index (χ3v) is 4.30. The van der Waals surface area contributed by atoms with E-state index >= 15 is 0 Å². The zero-order valence-electron chi connectivity index (χ0n) is 13.9. The van der Waals surface area contributed by atoms with Crippen molar-refractivity contribution in [3.05, 3.63) is 48.8 Å². The van der Waals surface area contributed by atoms with Crippen LogP contribution in [0.3, 0.4) is 0 Å². The summed E-state index contributed by atoms with van der Waals surface area (Å²) in [5.41, 5.74) is 3.85. The van der Waals surface area contributed by atoms with Crippen LogP contribution >= 0.6 is 0 Å². The number of H-pyrrole nitrogens is 1. The summed E-state index contributed by atoms with van der Waals surface area (Å²) in [5, 5.41) is 11.1. The molecule has 1 unspecified atom stereocenters. The number of nitrogens with zero attached hydrogens (tertiary/aromatic N) is 2. The van der Waals surface area contributed by atoms with Crippen molar-refractivity contribution in [2.75, 3.05) is 0 Å². The van der Waals surface area contributed by atoms with Gasteiger partial charge in [-0.2, -0.15) is 0 Å². The van der Waals surface area contributed by atoms with Crippen LogP contribution in [-0.4, -0.2) is 31.7 Å². The van der Waals surface area contributed by atoms with E-state index in [0.717, 1.165) is 33.2 Å². The fourth-order valence-corrected chi connectivity index (χ4v) is 3.02. The highest BCUT2D eigenvalue weighted by atomic mass is 16.5. The van der Waals surface area contributed by atoms with Crippen LogP contribution in [0.5, 0.6) is 5.75 Å². The molecule has 0 amide bonds. The number of aliphatic carboxylic acids is 1. The van der Waals surface area contributed by atoms with Crippen molar-refractivity contribution in [3.8, 4) is 17.0 Å². The van der Waals surface area contributed by atoms with Gasteiger partial charge in [0.05, 0.1) is 0 Å². The number of fused-ring (bicyclic) bond motifs is 2. The molecule has 0 aliphatic rings. The molecule has 2 N–H and O–H groups in total. The number of hydrogen-bond donors (Lipinski definition) is 2. The third-order valence-electron chi connectivity index (χ3n) is 4.30. The van der Waals surface area contributed by atoms with Gasteiger partial charge in [0.25, 0.3) is 0 Å². The van der Waals surface area contributed by atoms with Crippen molar-refractivity contribution in [3.63, 3.8) is 0 Å². The second kappa shape index (κ2) is 5.66. The molecule has 0 aliphatic heterocycles. The lowest BCUT2D eigenvalue weighted by atomic mass is 10.1. The van der Waals surface area contributed by atoms with Crippen LogP contribution < -0.4 is 4.74 Å². The molecule has 0 fully saturated rings. The molecule has 4 rings (SSSR count). The Morgan fingerprint density at radius 2 is 2.16 bits per heavy atom. The van der Waals surface area contributed by atoms with Crippen molar-refractivity contribution in [1.82, 2.24) is 14.5 Å². The molecule has 0 saturated heterocycles. The third kappa shape index (κ3) is 2.61. The number of nitrogens with one attached hydrogen (secondary N) is 1. The molecule has 0 radical (unpaired) electrons. The summed E-state index contributed by atoms with van der Waals surface area (Å²) < 4.78 is 7.55. The SMILES string of the molecule is CC(Oc1ccc2c(c1)c(-c1cc3cccnc3[nH]1)cn2C)C(=O)O. The molecular formula is C19H17N3O3. The van der Waals surface area contributed by atoms with E-state index in [1.54, 1.807) is 12.3 Å². The molecule has 4 aromatic rings. The van der Waals surface area contributed by atoms with Crippen LogP contribution in [0.4, 0.5) is 0 Å². The quantitative estimate of drug-likeness (QED) is 0.597. The number of hydrogen-bond acceptors (Lipinski definition) is 3. The molecule has 0 aliphatic carbocycles. The standard InChI is InChI=1S/C19H17N3O3/c1-11(19(23)24)25-13-5-6-17-14(9-13)15(10-22(17)2)16-8-12-4-3-7-20-18(12)21-16/h3-11H,1-2H3,(H,20,21)(H,23,24). The van der Waals surface area contributed by atoms with Gasteiger partial charge >= 0.3 is 5.97 Å². The highest BCUT2D eigenvalue weighted by molar-refractivity contribution is 5.98. The number of rotatable bonds is 4. The summed E-state index contributed by atoms with van der Waals surface area (Å²) in [6.07, 6.45) is 2.90. The number of pyridine rings is 1. The van der Waals surface area contributed by atoms with Crippen LogP contribution in [-0.2, 0) is 11.8 Å². The molecule has 1 atom stereocenters. The summed E-state index contributed by atoms with van der Waals surface area (Å²) in [4.78, 5) is 18.7. The first-order valence-electron chi connectivity index (χ1n) is 7.95. The van der Waals surface area contributed by atoms with Gasteiger partial charge in [-0.15, -0.1) is 0 Å².